The molecule has 7 nitrogen and oxygen atoms in total. The van der Waals surface area contributed by atoms with Crippen LogP contribution in [0.15, 0.2) is 30.5 Å². The summed E-state index contributed by atoms with van der Waals surface area (Å²) in [5, 5.41) is 8.49. The van der Waals surface area contributed by atoms with E-state index in [1.807, 2.05) is 22.5 Å². The van der Waals surface area contributed by atoms with Gasteiger partial charge in [0.25, 0.3) is 0 Å². The molecule has 37 heavy (non-hydrogen) atoms. The van der Waals surface area contributed by atoms with E-state index >= 15 is 0 Å². The van der Waals surface area contributed by atoms with Gasteiger partial charge in [0, 0.05) is 57.3 Å². The zero-order chi connectivity index (χ0) is 25.9. The summed E-state index contributed by atoms with van der Waals surface area (Å²) in [5.41, 5.74) is 4.93. The Balaban J connectivity index is 1.24. The molecule has 2 fully saturated rings. The number of nitrogens with zero attached hydrogens (tertiary/aromatic N) is 5. The molecular formula is C28H36F2N6O. The maximum Gasteiger partial charge on any atom is 0.219 e. The highest BCUT2D eigenvalue weighted by Gasteiger charge is 2.26. The molecule has 4 heterocycles. The molecule has 5 rings (SSSR count). The molecular weight excluding hydrogens is 474 g/mol. The molecule has 0 bridgehead atoms. The van der Waals surface area contributed by atoms with Crippen molar-refractivity contribution in [2.24, 2.45) is 5.92 Å². The predicted octanol–water partition coefficient (Wildman–Crippen LogP) is 4.04. The molecule has 2 aliphatic rings. The molecule has 3 aromatic rings. The Morgan fingerprint density at radius 2 is 1.92 bits per heavy atom. The van der Waals surface area contributed by atoms with Crippen molar-refractivity contribution in [2.75, 3.05) is 32.7 Å². The van der Waals surface area contributed by atoms with Crippen molar-refractivity contribution in [1.29, 1.82) is 0 Å². The smallest absolute Gasteiger partial charge is 0.219 e. The van der Waals surface area contributed by atoms with E-state index in [4.69, 9.17) is 5.10 Å². The Labute approximate surface area is 216 Å². The molecule has 2 aromatic heterocycles. The number of hydrogen-bond acceptors (Lipinski definition) is 5. The van der Waals surface area contributed by atoms with E-state index in [-0.39, 0.29) is 11.8 Å². The normalized spacial score (nSPS) is 19.6. The number of carbonyl (C=O) groups excluding carboxylic acids is 1. The minimum absolute atomic E-state index is 0.167. The first-order chi connectivity index (χ1) is 17.9. The molecule has 1 amide bonds. The maximum atomic E-state index is 13.7. The van der Waals surface area contributed by atoms with Gasteiger partial charge >= 0.3 is 0 Å². The zero-order valence-electron chi connectivity index (χ0n) is 21.7. The number of carbonyl (C=O) groups is 1. The van der Waals surface area contributed by atoms with Crippen molar-refractivity contribution in [3.8, 4) is 0 Å². The highest BCUT2D eigenvalue weighted by atomic mass is 19.2. The molecule has 198 valence electrons. The number of aryl methyl sites for hydroxylation is 1. The van der Waals surface area contributed by atoms with Gasteiger partial charge in [0.2, 0.25) is 5.91 Å². The van der Waals surface area contributed by atoms with Crippen LogP contribution in [0.25, 0.3) is 5.65 Å². The number of nitrogens with one attached hydrogen (secondary N) is 1. The minimum atomic E-state index is -0.808. The molecule has 0 radical (unpaired) electrons. The molecule has 9 heteroatoms. The van der Waals surface area contributed by atoms with Crippen LogP contribution in [0.1, 0.15) is 61.0 Å². The second-order valence-corrected chi connectivity index (χ2v) is 10.6. The van der Waals surface area contributed by atoms with Gasteiger partial charge in [0.1, 0.15) is 0 Å². The van der Waals surface area contributed by atoms with Gasteiger partial charge in [-0.15, -0.1) is 0 Å². The Bertz CT molecular complexity index is 1250. The number of hydrogen-bond donors (Lipinski definition) is 1. The van der Waals surface area contributed by atoms with Crippen molar-refractivity contribution >= 4 is 11.6 Å². The van der Waals surface area contributed by atoms with Gasteiger partial charge in [-0.1, -0.05) is 6.07 Å². The molecule has 0 aliphatic carbocycles. The molecule has 2 aliphatic heterocycles. The standard InChI is InChI=1S/C28H36F2N6O/c1-19-24(16-31-15-21-8-12-35(13-9-21)20(2)37)28-32-10-7-27(36(28)33-19)23-4-3-11-34(18-23)17-22-5-6-25(29)26(30)14-22/h5-7,10,14,21,23,31H,3-4,8-9,11-13,15-18H2,1-2H3/t23-/m0/s1. The van der Waals surface area contributed by atoms with Crippen LogP contribution in [0, 0.1) is 24.5 Å². The SMILES string of the molecule is CC(=O)N1CCC(CNCc2c(C)nn3c([C@H]4CCCN(Cc5ccc(F)c(F)c5)C4)ccnc23)CC1. The van der Waals surface area contributed by atoms with Gasteiger partial charge in [-0.3, -0.25) is 9.69 Å². The fraction of sp³-hybridized carbons (Fsp3) is 0.536. The van der Waals surface area contributed by atoms with Gasteiger partial charge < -0.3 is 10.2 Å². The lowest BCUT2D eigenvalue weighted by atomic mass is 9.94. The second kappa shape index (κ2) is 11.2. The summed E-state index contributed by atoms with van der Waals surface area (Å²) in [6.07, 6.45) is 6.03. The third-order valence-corrected chi connectivity index (χ3v) is 7.95. The molecule has 0 spiro atoms. The first-order valence-corrected chi connectivity index (χ1v) is 13.3. The Morgan fingerprint density at radius 1 is 1.11 bits per heavy atom. The number of aromatic nitrogens is 3. The van der Waals surface area contributed by atoms with Gasteiger partial charge in [0.15, 0.2) is 17.3 Å². The van der Waals surface area contributed by atoms with Crippen LogP contribution in [0.2, 0.25) is 0 Å². The van der Waals surface area contributed by atoms with E-state index in [9.17, 15) is 13.6 Å². The summed E-state index contributed by atoms with van der Waals surface area (Å²) in [6.45, 7) is 9.37. The van der Waals surface area contributed by atoms with E-state index < -0.39 is 11.6 Å². The summed E-state index contributed by atoms with van der Waals surface area (Å²) in [5.74, 6) is -0.574. The van der Waals surface area contributed by atoms with E-state index in [1.54, 1.807) is 13.0 Å². The average molecular weight is 511 g/mol. The monoisotopic (exact) mass is 510 g/mol. The molecule has 1 N–H and O–H groups in total. The fourth-order valence-corrected chi connectivity index (χ4v) is 5.82. The van der Waals surface area contributed by atoms with Gasteiger partial charge in [0.05, 0.1) is 11.4 Å². The summed E-state index contributed by atoms with van der Waals surface area (Å²) in [7, 11) is 0. The number of likely N-dealkylation sites (tertiary alicyclic amines) is 2. The lowest BCUT2D eigenvalue weighted by molar-refractivity contribution is -0.130. The van der Waals surface area contributed by atoms with Crippen LogP contribution in [0.3, 0.4) is 0 Å². The van der Waals surface area contributed by atoms with Crippen molar-refractivity contribution in [1.82, 2.24) is 29.7 Å². The number of halogens is 2. The summed E-state index contributed by atoms with van der Waals surface area (Å²) >= 11 is 0. The van der Waals surface area contributed by atoms with E-state index in [0.717, 1.165) is 86.6 Å². The quantitative estimate of drug-likeness (QED) is 0.520. The van der Waals surface area contributed by atoms with Crippen LogP contribution < -0.4 is 5.32 Å². The largest absolute Gasteiger partial charge is 0.343 e. The van der Waals surface area contributed by atoms with Crippen molar-refractivity contribution in [3.05, 3.63) is 64.6 Å². The topological polar surface area (TPSA) is 65.8 Å². The molecule has 0 unspecified atom stereocenters. The first kappa shape index (κ1) is 25.7. The zero-order valence-corrected chi connectivity index (χ0v) is 21.7. The first-order valence-electron chi connectivity index (χ1n) is 13.3. The van der Waals surface area contributed by atoms with E-state index in [2.05, 4.69) is 21.3 Å². The van der Waals surface area contributed by atoms with Crippen LogP contribution in [0.5, 0.6) is 0 Å². The summed E-state index contributed by atoms with van der Waals surface area (Å²) in [6, 6.07) is 6.22. The lowest BCUT2D eigenvalue weighted by Crippen LogP contribution is -2.39. The summed E-state index contributed by atoms with van der Waals surface area (Å²) in [4.78, 5) is 20.5. The predicted molar refractivity (Wildman–Crippen MR) is 138 cm³/mol. The van der Waals surface area contributed by atoms with E-state index in [0.29, 0.717) is 19.0 Å². The number of rotatable bonds is 7. The molecule has 1 aromatic carbocycles. The maximum absolute atomic E-state index is 13.7. The fourth-order valence-electron chi connectivity index (χ4n) is 5.82. The van der Waals surface area contributed by atoms with Gasteiger partial charge in [-0.2, -0.15) is 5.10 Å². The summed E-state index contributed by atoms with van der Waals surface area (Å²) < 4.78 is 29.0. The number of fused-ring (bicyclic) bond motifs is 1. The molecule has 0 saturated carbocycles. The van der Waals surface area contributed by atoms with Crippen molar-refractivity contribution in [3.63, 3.8) is 0 Å². The number of piperidine rings is 2. The Morgan fingerprint density at radius 3 is 2.68 bits per heavy atom. The third-order valence-electron chi connectivity index (χ3n) is 7.95. The Hall–Kier alpha value is -2.91. The van der Waals surface area contributed by atoms with Gasteiger partial charge in [-0.05, 0) is 75.4 Å². The highest BCUT2D eigenvalue weighted by Crippen LogP contribution is 2.29. The van der Waals surface area contributed by atoms with E-state index in [1.165, 1.54) is 12.1 Å². The lowest BCUT2D eigenvalue weighted by Gasteiger charge is -2.33. The van der Waals surface area contributed by atoms with Crippen LogP contribution in [0.4, 0.5) is 8.78 Å². The second-order valence-electron chi connectivity index (χ2n) is 10.6. The van der Waals surface area contributed by atoms with Crippen LogP contribution >= 0.6 is 0 Å². The average Bonchev–Trinajstić information content (AvgIpc) is 3.22. The number of benzene rings is 1. The minimum Gasteiger partial charge on any atom is -0.343 e. The molecule has 2 saturated heterocycles. The van der Waals surface area contributed by atoms with Gasteiger partial charge in [-0.25, -0.2) is 18.3 Å². The Kier molecular flexibility index (Phi) is 7.81. The highest BCUT2D eigenvalue weighted by molar-refractivity contribution is 5.73. The van der Waals surface area contributed by atoms with Crippen LogP contribution in [-0.2, 0) is 17.9 Å². The third kappa shape index (κ3) is 5.83. The van der Waals surface area contributed by atoms with Crippen LogP contribution in [-0.4, -0.2) is 63.0 Å². The van der Waals surface area contributed by atoms with Crippen molar-refractivity contribution in [2.45, 2.75) is 58.5 Å². The molecule has 1 atom stereocenters. The number of amides is 1. The van der Waals surface area contributed by atoms with Crippen molar-refractivity contribution < 1.29 is 13.6 Å².